The smallest absolute Gasteiger partial charge is 0.248 e. The molecule has 0 radical (unpaired) electrons. The van der Waals surface area contributed by atoms with Gasteiger partial charge in [-0.2, -0.15) is 0 Å². The van der Waals surface area contributed by atoms with Crippen molar-refractivity contribution in [3.63, 3.8) is 0 Å². The molecule has 120 valence electrons. The number of carbonyl (C=O) groups excluding carboxylic acids is 2. The third kappa shape index (κ3) is 5.03. The molecular weight excluding hydrogens is 294 g/mol. The van der Waals surface area contributed by atoms with E-state index in [1.54, 1.807) is 36.4 Å². The van der Waals surface area contributed by atoms with Gasteiger partial charge in [-0.05, 0) is 42.8 Å². The Labute approximate surface area is 134 Å². The maximum atomic E-state index is 11.8. The fraction of sp³-hybridized carbons (Fsp3) is 0.176. The molecule has 0 aliphatic rings. The van der Waals surface area contributed by atoms with Crippen molar-refractivity contribution in [2.45, 2.75) is 12.8 Å². The average Bonchev–Trinajstić information content (AvgIpc) is 2.53. The quantitative estimate of drug-likeness (QED) is 0.537. The SMILES string of the molecule is NC(=O)c1ccc(NC(=O)CCCOc2ccccc2N)cc1. The molecule has 0 saturated heterocycles. The van der Waals surface area contributed by atoms with Gasteiger partial charge < -0.3 is 21.5 Å². The van der Waals surface area contributed by atoms with Crippen molar-refractivity contribution in [3.8, 4) is 5.75 Å². The number of anilines is 2. The third-order valence-corrected chi connectivity index (χ3v) is 3.18. The summed E-state index contributed by atoms with van der Waals surface area (Å²) in [6.45, 7) is 0.405. The van der Waals surface area contributed by atoms with Gasteiger partial charge in [0.05, 0.1) is 12.3 Å². The number of rotatable bonds is 7. The molecule has 6 nitrogen and oxygen atoms in total. The fourth-order valence-corrected chi connectivity index (χ4v) is 1.97. The second-order valence-electron chi connectivity index (χ2n) is 4.98. The van der Waals surface area contributed by atoms with Crippen LogP contribution in [0.15, 0.2) is 48.5 Å². The van der Waals surface area contributed by atoms with Crippen molar-refractivity contribution in [2.24, 2.45) is 5.73 Å². The van der Waals surface area contributed by atoms with Crippen LogP contribution in [0.5, 0.6) is 5.75 Å². The molecule has 23 heavy (non-hydrogen) atoms. The molecule has 0 saturated carbocycles. The normalized spacial score (nSPS) is 10.1. The monoisotopic (exact) mass is 313 g/mol. The summed E-state index contributed by atoms with van der Waals surface area (Å²) in [5.74, 6) is -0.00313. The van der Waals surface area contributed by atoms with E-state index >= 15 is 0 Å². The highest BCUT2D eigenvalue weighted by atomic mass is 16.5. The Bertz CT molecular complexity index is 684. The van der Waals surface area contributed by atoms with Gasteiger partial charge in [0.15, 0.2) is 0 Å². The molecule has 0 spiro atoms. The van der Waals surface area contributed by atoms with Crippen LogP contribution in [-0.4, -0.2) is 18.4 Å². The predicted molar refractivity (Wildman–Crippen MR) is 89.2 cm³/mol. The van der Waals surface area contributed by atoms with E-state index in [0.29, 0.717) is 42.1 Å². The van der Waals surface area contributed by atoms with E-state index in [0.717, 1.165) is 0 Å². The molecule has 0 unspecified atom stereocenters. The second kappa shape index (κ2) is 7.84. The number of primary amides is 1. The Morgan fingerprint density at radius 3 is 2.39 bits per heavy atom. The zero-order chi connectivity index (χ0) is 16.7. The number of nitrogens with one attached hydrogen (secondary N) is 1. The van der Waals surface area contributed by atoms with Crippen LogP contribution in [0.1, 0.15) is 23.2 Å². The highest BCUT2D eigenvalue weighted by Crippen LogP contribution is 2.19. The van der Waals surface area contributed by atoms with Gasteiger partial charge in [0, 0.05) is 17.7 Å². The highest BCUT2D eigenvalue weighted by molar-refractivity contribution is 5.94. The molecule has 0 atom stereocenters. The summed E-state index contributed by atoms with van der Waals surface area (Å²) in [7, 11) is 0. The molecule has 2 aromatic carbocycles. The zero-order valence-corrected chi connectivity index (χ0v) is 12.6. The molecule has 5 N–H and O–H groups in total. The molecule has 0 bridgehead atoms. The lowest BCUT2D eigenvalue weighted by molar-refractivity contribution is -0.116. The zero-order valence-electron chi connectivity index (χ0n) is 12.6. The van der Waals surface area contributed by atoms with Crippen molar-refractivity contribution in [3.05, 3.63) is 54.1 Å². The van der Waals surface area contributed by atoms with Gasteiger partial charge in [-0.1, -0.05) is 12.1 Å². The van der Waals surface area contributed by atoms with E-state index in [4.69, 9.17) is 16.2 Å². The number of benzene rings is 2. The number of nitrogens with two attached hydrogens (primary N) is 2. The molecule has 2 aromatic rings. The van der Waals surface area contributed by atoms with Crippen LogP contribution < -0.4 is 21.5 Å². The molecule has 2 amide bonds. The van der Waals surface area contributed by atoms with Gasteiger partial charge in [0.25, 0.3) is 0 Å². The van der Waals surface area contributed by atoms with Crippen molar-refractivity contribution in [1.29, 1.82) is 0 Å². The largest absolute Gasteiger partial charge is 0.491 e. The molecular formula is C17H19N3O3. The first-order chi connectivity index (χ1) is 11.1. The van der Waals surface area contributed by atoms with Crippen LogP contribution >= 0.6 is 0 Å². The van der Waals surface area contributed by atoms with Gasteiger partial charge in [-0.25, -0.2) is 0 Å². The summed E-state index contributed by atoms with van der Waals surface area (Å²) >= 11 is 0. The molecule has 0 aromatic heterocycles. The number of carbonyl (C=O) groups is 2. The first-order valence-electron chi connectivity index (χ1n) is 7.23. The Morgan fingerprint density at radius 1 is 1.04 bits per heavy atom. The van der Waals surface area contributed by atoms with Crippen molar-refractivity contribution < 1.29 is 14.3 Å². The molecule has 2 rings (SSSR count). The van der Waals surface area contributed by atoms with Gasteiger partial charge in [-0.15, -0.1) is 0 Å². The van der Waals surface area contributed by atoms with E-state index in [1.807, 2.05) is 12.1 Å². The topological polar surface area (TPSA) is 107 Å². The first-order valence-corrected chi connectivity index (χ1v) is 7.23. The number of amides is 2. The van der Waals surface area contributed by atoms with Crippen molar-refractivity contribution >= 4 is 23.2 Å². The third-order valence-electron chi connectivity index (χ3n) is 3.18. The van der Waals surface area contributed by atoms with Crippen LogP contribution in [0, 0.1) is 0 Å². The standard InChI is InChI=1S/C17H19N3O3/c18-14-4-1-2-5-15(14)23-11-3-6-16(21)20-13-9-7-12(8-10-13)17(19)22/h1-2,4-5,7-10H,3,6,11,18H2,(H2,19,22)(H,20,21). The summed E-state index contributed by atoms with van der Waals surface area (Å²) in [5, 5.41) is 2.75. The van der Waals surface area contributed by atoms with Crippen LogP contribution in [0.3, 0.4) is 0 Å². The molecule has 0 heterocycles. The van der Waals surface area contributed by atoms with Gasteiger partial charge in [-0.3, -0.25) is 9.59 Å². The van der Waals surface area contributed by atoms with Gasteiger partial charge in [0.1, 0.15) is 5.75 Å². The summed E-state index contributed by atoms with van der Waals surface area (Å²) in [4.78, 5) is 22.8. The first kappa shape index (κ1) is 16.4. The maximum Gasteiger partial charge on any atom is 0.248 e. The van der Waals surface area contributed by atoms with Crippen LogP contribution in [0.2, 0.25) is 0 Å². The minimum absolute atomic E-state index is 0.124. The van der Waals surface area contributed by atoms with E-state index < -0.39 is 5.91 Å². The molecule has 0 fully saturated rings. The Hall–Kier alpha value is -3.02. The highest BCUT2D eigenvalue weighted by Gasteiger charge is 2.05. The Morgan fingerprint density at radius 2 is 1.74 bits per heavy atom. The van der Waals surface area contributed by atoms with E-state index in [1.165, 1.54) is 0 Å². The van der Waals surface area contributed by atoms with E-state index in [9.17, 15) is 9.59 Å². The number of ether oxygens (including phenoxy) is 1. The number of nitrogen functional groups attached to an aromatic ring is 1. The van der Waals surface area contributed by atoms with E-state index in [2.05, 4.69) is 5.32 Å². The summed E-state index contributed by atoms with van der Waals surface area (Å²) in [5.41, 5.74) is 12.5. The molecule has 0 aliphatic carbocycles. The predicted octanol–water partition coefficient (Wildman–Crippen LogP) is 2.17. The summed E-state index contributed by atoms with van der Waals surface area (Å²) in [6, 6.07) is 13.6. The lowest BCUT2D eigenvalue weighted by Crippen LogP contribution is -2.14. The minimum atomic E-state index is -0.500. The maximum absolute atomic E-state index is 11.8. The number of hydrogen-bond donors (Lipinski definition) is 3. The average molecular weight is 313 g/mol. The number of hydrogen-bond acceptors (Lipinski definition) is 4. The minimum Gasteiger partial charge on any atom is -0.491 e. The van der Waals surface area contributed by atoms with Crippen LogP contribution in [0.25, 0.3) is 0 Å². The van der Waals surface area contributed by atoms with Crippen LogP contribution in [0.4, 0.5) is 11.4 Å². The summed E-state index contributed by atoms with van der Waals surface area (Å²) in [6.07, 6.45) is 0.893. The molecule has 0 aliphatic heterocycles. The van der Waals surface area contributed by atoms with E-state index in [-0.39, 0.29) is 5.91 Å². The fourth-order valence-electron chi connectivity index (χ4n) is 1.97. The van der Waals surface area contributed by atoms with Crippen molar-refractivity contribution in [2.75, 3.05) is 17.7 Å². The lowest BCUT2D eigenvalue weighted by atomic mass is 10.2. The van der Waals surface area contributed by atoms with Gasteiger partial charge >= 0.3 is 0 Å². The Balaban J connectivity index is 1.73. The number of para-hydroxylation sites is 2. The lowest BCUT2D eigenvalue weighted by Gasteiger charge is -2.09. The molecule has 6 heteroatoms. The second-order valence-corrected chi connectivity index (χ2v) is 4.98. The van der Waals surface area contributed by atoms with Gasteiger partial charge in [0.2, 0.25) is 11.8 Å². The van der Waals surface area contributed by atoms with Crippen LogP contribution in [-0.2, 0) is 4.79 Å². The summed E-state index contributed by atoms with van der Waals surface area (Å²) < 4.78 is 5.52. The Kier molecular flexibility index (Phi) is 5.57. The van der Waals surface area contributed by atoms with Crippen molar-refractivity contribution in [1.82, 2.24) is 0 Å².